The zero-order valence-corrected chi connectivity index (χ0v) is 12.3. The van der Waals surface area contributed by atoms with Crippen molar-refractivity contribution in [2.24, 2.45) is 11.7 Å². The van der Waals surface area contributed by atoms with E-state index in [-0.39, 0.29) is 5.54 Å². The summed E-state index contributed by atoms with van der Waals surface area (Å²) >= 11 is 0. The molecule has 0 saturated heterocycles. The smallest absolute Gasteiger partial charge is 0.0399 e. The Morgan fingerprint density at radius 2 is 2.00 bits per heavy atom. The second-order valence-corrected chi connectivity index (χ2v) is 6.91. The molecule has 1 aliphatic heterocycles. The van der Waals surface area contributed by atoms with Gasteiger partial charge in [0.1, 0.15) is 0 Å². The lowest BCUT2D eigenvalue weighted by Crippen LogP contribution is -2.29. The second-order valence-electron chi connectivity index (χ2n) is 6.91. The van der Waals surface area contributed by atoms with E-state index >= 15 is 0 Å². The van der Waals surface area contributed by atoms with Gasteiger partial charge in [-0.05, 0) is 56.2 Å². The second kappa shape index (κ2) is 4.82. The number of rotatable bonds is 3. The first-order chi connectivity index (χ1) is 9.04. The fraction of sp³-hybridized carbons (Fsp3) is 0.647. The number of hydrogen-bond donors (Lipinski definition) is 1. The topological polar surface area (TPSA) is 29.3 Å². The van der Waals surface area contributed by atoms with Gasteiger partial charge in [0.25, 0.3) is 0 Å². The maximum atomic E-state index is 6.20. The predicted octanol–water partition coefficient (Wildman–Crippen LogP) is 3.43. The minimum Gasteiger partial charge on any atom is -0.371 e. The molecule has 0 atom stereocenters. The van der Waals surface area contributed by atoms with Crippen LogP contribution in [-0.4, -0.2) is 13.1 Å². The molecular weight excluding hydrogens is 232 g/mol. The Hall–Kier alpha value is -1.02. The molecule has 0 radical (unpaired) electrons. The van der Waals surface area contributed by atoms with Crippen molar-refractivity contribution in [3.8, 4) is 0 Å². The van der Waals surface area contributed by atoms with Crippen LogP contribution in [0.3, 0.4) is 0 Å². The lowest BCUT2D eigenvalue weighted by molar-refractivity contribution is 0.538. The van der Waals surface area contributed by atoms with Crippen LogP contribution in [0.4, 0.5) is 5.69 Å². The molecule has 2 aliphatic rings. The third-order valence-electron chi connectivity index (χ3n) is 4.77. The van der Waals surface area contributed by atoms with Crippen LogP contribution in [0.5, 0.6) is 0 Å². The van der Waals surface area contributed by atoms with Crippen molar-refractivity contribution in [1.29, 1.82) is 0 Å². The average Bonchev–Trinajstić information content (AvgIpc) is 2.98. The lowest BCUT2D eigenvalue weighted by Gasteiger charge is -2.24. The Labute approximate surface area is 117 Å². The summed E-state index contributed by atoms with van der Waals surface area (Å²) in [7, 11) is 0. The number of hydrogen-bond acceptors (Lipinski definition) is 2. The van der Waals surface area contributed by atoms with Gasteiger partial charge in [-0.1, -0.05) is 25.0 Å². The lowest BCUT2D eigenvalue weighted by atomic mass is 9.93. The molecule has 1 fully saturated rings. The Morgan fingerprint density at radius 1 is 1.26 bits per heavy atom. The highest BCUT2D eigenvalue weighted by atomic mass is 15.1. The van der Waals surface area contributed by atoms with Crippen LogP contribution in [0.25, 0.3) is 0 Å². The molecule has 1 aromatic rings. The molecule has 3 rings (SSSR count). The molecule has 1 aromatic carbocycles. The standard InChI is InChI=1S/C17H26N2/c1-17(2,18)15-7-8-16-14(11-15)9-10-19(16)12-13-5-3-4-6-13/h7-8,11,13H,3-6,9-10,12,18H2,1-2H3. The van der Waals surface area contributed by atoms with E-state index in [1.54, 1.807) is 0 Å². The summed E-state index contributed by atoms with van der Waals surface area (Å²) in [5, 5.41) is 0. The van der Waals surface area contributed by atoms with Crippen molar-refractivity contribution in [3.63, 3.8) is 0 Å². The maximum Gasteiger partial charge on any atom is 0.0399 e. The molecule has 0 bridgehead atoms. The third-order valence-corrected chi connectivity index (χ3v) is 4.77. The fourth-order valence-corrected chi connectivity index (χ4v) is 3.57. The van der Waals surface area contributed by atoms with Crippen molar-refractivity contribution in [3.05, 3.63) is 29.3 Å². The van der Waals surface area contributed by atoms with Gasteiger partial charge in [-0.2, -0.15) is 0 Å². The van der Waals surface area contributed by atoms with E-state index in [0.29, 0.717) is 0 Å². The first-order valence-electron chi connectivity index (χ1n) is 7.71. The average molecular weight is 258 g/mol. The van der Waals surface area contributed by atoms with Crippen LogP contribution in [0.2, 0.25) is 0 Å². The SMILES string of the molecule is CC(C)(N)c1ccc2c(c1)CCN2CC1CCCC1. The summed E-state index contributed by atoms with van der Waals surface area (Å²) in [5.74, 6) is 0.927. The quantitative estimate of drug-likeness (QED) is 0.900. The van der Waals surface area contributed by atoms with Crippen molar-refractivity contribution >= 4 is 5.69 Å². The van der Waals surface area contributed by atoms with Gasteiger partial charge < -0.3 is 10.6 Å². The molecule has 104 valence electrons. The largest absolute Gasteiger partial charge is 0.371 e. The molecular formula is C17H26N2. The van der Waals surface area contributed by atoms with Crippen LogP contribution in [0.15, 0.2) is 18.2 Å². The number of nitrogens with two attached hydrogens (primary N) is 1. The zero-order chi connectivity index (χ0) is 13.5. The Balaban J connectivity index is 1.77. The summed E-state index contributed by atoms with van der Waals surface area (Å²) in [6, 6.07) is 6.83. The Bertz CT molecular complexity index is 453. The molecule has 0 aromatic heterocycles. The number of fused-ring (bicyclic) bond motifs is 1. The van der Waals surface area contributed by atoms with E-state index in [1.165, 1.54) is 62.0 Å². The van der Waals surface area contributed by atoms with Crippen molar-refractivity contribution in [2.75, 3.05) is 18.0 Å². The molecule has 2 N–H and O–H groups in total. The molecule has 0 amide bonds. The zero-order valence-electron chi connectivity index (χ0n) is 12.3. The van der Waals surface area contributed by atoms with Gasteiger partial charge in [-0.25, -0.2) is 0 Å². The van der Waals surface area contributed by atoms with Crippen molar-refractivity contribution in [1.82, 2.24) is 0 Å². The Kier molecular flexibility index (Phi) is 3.30. The van der Waals surface area contributed by atoms with E-state index in [0.717, 1.165) is 5.92 Å². The van der Waals surface area contributed by atoms with Gasteiger partial charge in [0, 0.05) is 24.3 Å². The van der Waals surface area contributed by atoms with Crippen molar-refractivity contribution < 1.29 is 0 Å². The monoisotopic (exact) mass is 258 g/mol. The van der Waals surface area contributed by atoms with E-state index in [9.17, 15) is 0 Å². The van der Waals surface area contributed by atoms with Gasteiger partial charge in [0.15, 0.2) is 0 Å². The summed E-state index contributed by atoms with van der Waals surface area (Å²) < 4.78 is 0. The molecule has 0 unspecified atom stereocenters. The van der Waals surface area contributed by atoms with Gasteiger partial charge in [-0.15, -0.1) is 0 Å². The summed E-state index contributed by atoms with van der Waals surface area (Å²) in [6.45, 7) is 6.62. The maximum absolute atomic E-state index is 6.20. The molecule has 0 spiro atoms. The van der Waals surface area contributed by atoms with Crippen LogP contribution in [0, 0.1) is 5.92 Å². The summed E-state index contributed by atoms with van der Waals surface area (Å²) in [5.41, 5.74) is 10.2. The van der Waals surface area contributed by atoms with Gasteiger partial charge >= 0.3 is 0 Å². The molecule has 19 heavy (non-hydrogen) atoms. The predicted molar refractivity (Wildman–Crippen MR) is 81.5 cm³/mol. The van der Waals surface area contributed by atoms with Crippen LogP contribution < -0.4 is 10.6 Å². The molecule has 1 saturated carbocycles. The fourth-order valence-electron chi connectivity index (χ4n) is 3.57. The van der Waals surface area contributed by atoms with Gasteiger partial charge in [0.2, 0.25) is 0 Å². The molecule has 1 heterocycles. The number of benzene rings is 1. The van der Waals surface area contributed by atoms with E-state index < -0.39 is 0 Å². The summed E-state index contributed by atoms with van der Waals surface area (Å²) in [4.78, 5) is 2.60. The summed E-state index contributed by atoms with van der Waals surface area (Å²) in [6.07, 6.45) is 6.92. The number of nitrogens with zero attached hydrogens (tertiary/aromatic N) is 1. The van der Waals surface area contributed by atoms with E-state index in [1.807, 2.05) is 0 Å². The first kappa shape index (κ1) is 13.0. The minimum atomic E-state index is -0.228. The van der Waals surface area contributed by atoms with E-state index in [4.69, 9.17) is 5.73 Å². The van der Waals surface area contributed by atoms with Gasteiger partial charge in [-0.3, -0.25) is 0 Å². The van der Waals surface area contributed by atoms with Crippen LogP contribution in [0.1, 0.15) is 50.7 Å². The van der Waals surface area contributed by atoms with Gasteiger partial charge in [0.05, 0.1) is 0 Å². The highest BCUT2D eigenvalue weighted by molar-refractivity contribution is 5.59. The third kappa shape index (κ3) is 2.64. The van der Waals surface area contributed by atoms with E-state index in [2.05, 4.69) is 36.9 Å². The number of anilines is 1. The highest BCUT2D eigenvalue weighted by Crippen LogP contribution is 2.34. The van der Waals surface area contributed by atoms with Crippen LogP contribution in [-0.2, 0) is 12.0 Å². The molecule has 2 nitrogen and oxygen atoms in total. The van der Waals surface area contributed by atoms with Crippen molar-refractivity contribution in [2.45, 2.75) is 51.5 Å². The Morgan fingerprint density at radius 3 is 2.68 bits per heavy atom. The normalized spacial score (nSPS) is 20.1. The first-order valence-corrected chi connectivity index (χ1v) is 7.71. The highest BCUT2D eigenvalue weighted by Gasteiger charge is 2.25. The minimum absolute atomic E-state index is 0.228. The van der Waals surface area contributed by atoms with Crippen LogP contribution >= 0.6 is 0 Å². The molecule has 2 heteroatoms. The molecule has 1 aliphatic carbocycles.